The number of hydrazone groups is 1. The third-order valence-corrected chi connectivity index (χ3v) is 3.06. The van der Waals surface area contributed by atoms with Crippen molar-refractivity contribution in [2.75, 3.05) is 6.61 Å². The Morgan fingerprint density at radius 2 is 2.05 bits per heavy atom. The van der Waals surface area contributed by atoms with Gasteiger partial charge in [-0.15, -0.1) is 0 Å². The van der Waals surface area contributed by atoms with Gasteiger partial charge in [-0.25, -0.2) is 5.43 Å². The summed E-state index contributed by atoms with van der Waals surface area (Å²) >= 11 is 5.76. The molecule has 0 aliphatic rings. The van der Waals surface area contributed by atoms with Crippen LogP contribution in [0.2, 0.25) is 5.02 Å². The van der Waals surface area contributed by atoms with Crippen LogP contribution in [-0.4, -0.2) is 23.8 Å². The molecule has 114 valence electrons. The van der Waals surface area contributed by atoms with E-state index in [2.05, 4.69) is 10.5 Å². The van der Waals surface area contributed by atoms with Gasteiger partial charge in [-0.2, -0.15) is 5.10 Å². The summed E-state index contributed by atoms with van der Waals surface area (Å²) in [6.07, 6.45) is 1.35. The van der Waals surface area contributed by atoms with Crippen molar-refractivity contribution in [1.82, 2.24) is 5.43 Å². The number of para-hydroxylation sites is 1. The second-order valence-corrected chi connectivity index (χ2v) is 4.77. The third kappa shape index (κ3) is 3.99. The lowest BCUT2D eigenvalue weighted by atomic mass is 10.2. The molecule has 22 heavy (non-hydrogen) atoms. The number of hydrogen-bond donors (Lipinski definition) is 2. The van der Waals surface area contributed by atoms with Gasteiger partial charge in [0.1, 0.15) is 0 Å². The van der Waals surface area contributed by atoms with Crippen LogP contribution in [0.5, 0.6) is 11.5 Å². The second kappa shape index (κ2) is 7.47. The largest absolute Gasteiger partial charge is 0.504 e. The molecule has 0 atom stereocenters. The van der Waals surface area contributed by atoms with Crippen molar-refractivity contribution in [3.8, 4) is 11.5 Å². The Balaban J connectivity index is 2.05. The van der Waals surface area contributed by atoms with Gasteiger partial charge < -0.3 is 9.84 Å². The van der Waals surface area contributed by atoms with Crippen LogP contribution in [0.3, 0.4) is 0 Å². The fourth-order valence-corrected chi connectivity index (χ4v) is 1.87. The van der Waals surface area contributed by atoms with Gasteiger partial charge in [0.25, 0.3) is 5.91 Å². The van der Waals surface area contributed by atoms with Crippen molar-refractivity contribution in [1.29, 1.82) is 0 Å². The Labute approximate surface area is 133 Å². The molecule has 2 aromatic rings. The predicted molar refractivity (Wildman–Crippen MR) is 85.8 cm³/mol. The lowest BCUT2D eigenvalue weighted by Crippen LogP contribution is -2.17. The average molecular weight is 319 g/mol. The van der Waals surface area contributed by atoms with E-state index >= 15 is 0 Å². The summed E-state index contributed by atoms with van der Waals surface area (Å²) in [5, 5.41) is 14.4. The van der Waals surface area contributed by atoms with Crippen molar-refractivity contribution in [2.24, 2.45) is 5.10 Å². The Kier molecular flexibility index (Phi) is 5.38. The molecule has 0 saturated heterocycles. The Morgan fingerprint density at radius 3 is 2.73 bits per heavy atom. The number of rotatable bonds is 5. The highest BCUT2D eigenvalue weighted by Gasteiger charge is 2.06. The number of hydrogen-bond acceptors (Lipinski definition) is 4. The maximum atomic E-state index is 11.8. The summed E-state index contributed by atoms with van der Waals surface area (Å²) in [7, 11) is 0. The second-order valence-electron chi connectivity index (χ2n) is 4.33. The SMILES string of the molecule is CCOc1cccc(C=NNC(=O)c2ccc(Cl)cc2)c1O. The number of phenolic OH excluding ortho intramolecular Hbond substituents is 1. The van der Waals surface area contributed by atoms with Crippen molar-refractivity contribution in [2.45, 2.75) is 6.92 Å². The highest BCUT2D eigenvalue weighted by atomic mass is 35.5. The first-order valence-corrected chi connectivity index (χ1v) is 7.03. The molecule has 0 spiro atoms. The number of nitrogens with zero attached hydrogens (tertiary/aromatic N) is 1. The highest BCUT2D eigenvalue weighted by molar-refractivity contribution is 6.30. The van der Waals surface area contributed by atoms with Crippen LogP contribution in [0.1, 0.15) is 22.8 Å². The van der Waals surface area contributed by atoms with Crippen LogP contribution >= 0.6 is 11.6 Å². The molecule has 2 N–H and O–H groups in total. The molecule has 2 rings (SSSR count). The Hall–Kier alpha value is -2.53. The van der Waals surface area contributed by atoms with Gasteiger partial charge in [-0.3, -0.25) is 4.79 Å². The molecule has 0 radical (unpaired) electrons. The third-order valence-electron chi connectivity index (χ3n) is 2.81. The molecule has 1 amide bonds. The van der Waals surface area contributed by atoms with E-state index in [-0.39, 0.29) is 11.7 Å². The van der Waals surface area contributed by atoms with Gasteiger partial charge >= 0.3 is 0 Å². The molecule has 0 heterocycles. The summed E-state index contributed by atoms with van der Waals surface area (Å²) in [6, 6.07) is 11.5. The van der Waals surface area contributed by atoms with Crippen molar-refractivity contribution < 1.29 is 14.6 Å². The lowest BCUT2D eigenvalue weighted by Gasteiger charge is -2.07. The number of amides is 1. The number of ether oxygens (including phenoxy) is 1. The standard InChI is InChI=1S/C16H15ClN2O3/c1-2-22-14-5-3-4-12(15(14)20)10-18-19-16(21)11-6-8-13(17)9-7-11/h3-10,20H,2H2,1H3,(H,19,21). The molecule has 0 bridgehead atoms. The molecule has 0 aliphatic carbocycles. The summed E-state index contributed by atoms with van der Waals surface area (Å²) in [5.41, 5.74) is 3.27. The monoisotopic (exact) mass is 318 g/mol. The van der Waals surface area contributed by atoms with Gasteiger partial charge in [-0.1, -0.05) is 17.7 Å². The Morgan fingerprint density at radius 1 is 1.32 bits per heavy atom. The van der Waals surface area contributed by atoms with E-state index in [1.54, 1.807) is 42.5 Å². The normalized spacial score (nSPS) is 10.6. The molecule has 0 aliphatic heterocycles. The molecule has 0 saturated carbocycles. The predicted octanol–water partition coefficient (Wildman–Crippen LogP) is 3.21. The van der Waals surface area contributed by atoms with Gasteiger partial charge in [0.15, 0.2) is 11.5 Å². The molecule has 5 nitrogen and oxygen atoms in total. The summed E-state index contributed by atoms with van der Waals surface area (Å²) in [5.74, 6) is -0.0160. The number of carbonyl (C=O) groups is 1. The van der Waals surface area contributed by atoms with E-state index in [4.69, 9.17) is 16.3 Å². The van der Waals surface area contributed by atoms with E-state index in [9.17, 15) is 9.90 Å². The molecular formula is C16H15ClN2O3. The van der Waals surface area contributed by atoms with Crippen LogP contribution in [0, 0.1) is 0 Å². The molecule has 6 heteroatoms. The minimum atomic E-state index is -0.367. The fraction of sp³-hybridized carbons (Fsp3) is 0.125. The number of nitrogens with one attached hydrogen (secondary N) is 1. The van der Waals surface area contributed by atoms with Crippen LogP contribution in [-0.2, 0) is 0 Å². The number of phenols is 1. The summed E-state index contributed by atoms with van der Waals surface area (Å²) in [4.78, 5) is 11.8. The van der Waals surface area contributed by atoms with Crippen LogP contribution < -0.4 is 10.2 Å². The number of aromatic hydroxyl groups is 1. The number of benzene rings is 2. The average Bonchev–Trinajstić information content (AvgIpc) is 2.51. The first kappa shape index (κ1) is 15.9. The molecule has 0 fully saturated rings. The summed E-state index contributed by atoms with van der Waals surface area (Å²) in [6.45, 7) is 2.27. The molecular weight excluding hydrogens is 304 g/mol. The summed E-state index contributed by atoms with van der Waals surface area (Å²) < 4.78 is 5.27. The maximum Gasteiger partial charge on any atom is 0.271 e. The first-order valence-electron chi connectivity index (χ1n) is 6.65. The zero-order valence-corrected chi connectivity index (χ0v) is 12.7. The quantitative estimate of drug-likeness (QED) is 0.657. The van der Waals surface area contributed by atoms with Crippen LogP contribution in [0.25, 0.3) is 0 Å². The molecule has 2 aromatic carbocycles. The van der Waals surface area contributed by atoms with Gasteiger partial charge in [0.05, 0.1) is 12.8 Å². The minimum Gasteiger partial charge on any atom is -0.504 e. The topological polar surface area (TPSA) is 70.9 Å². The first-order chi connectivity index (χ1) is 10.6. The number of halogens is 1. The van der Waals surface area contributed by atoms with E-state index in [0.29, 0.717) is 28.5 Å². The number of carbonyl (C=O) groups excluding carboxylic acids is 1. The van der Waals surface area contributed by atoms with Crippen molar-refractivity contribution in [3.63, 3.8) is 0 Å². The smallest absolute Gasteiger partial charge is 0.271 e. The minimum absolute atomic E-state index is 0.0196. The van der Waals surface area contributed by atoms with Crippen molar-refractivity contribution >= 4 is 23.7 Å². The van der Waals surface area contributed by atoms with E-state index in [1.165, 1.54) is 6.21 Å². The van der Waals surface area contributed by atoms with Crippen LogP contribution in [0.15, 0.2) is 47.6 Å². The van der Waals surface area contributed by atoms with E-state index < -0.39 is 0 Å². The fourth-order valence-electron chi connectivity index (χ4n) is 1.74. The van der Waals surface area contributed by atoms with Crippen molar-refractivity contribution in [3.05, 3.63) is 58.6 Å². The maximum absolute atomic E-state index is 11.8. The van der Waals surface area contributed by atoms with E-state index in [0.717, 1.165) is 0 Å². The zero-order valence-electron chi connectivity index (χ0n) is 11.9. The van der Waals surface area contributed by atoms with Gasteiger partial charge in [-0.05, 0) is 43.3 Å². The van der Waals surface area contributed by atoms with Gasteiger partial charge in [0, 0.05) is 16.1 Å². The lowest BCUT2D eigenvalue weighted by molar-refractivity contribution is 0.0955. The van der Waals surface area contributed by atoms with Crippen LogP contribution in [0.4, 0.5) is 0 Å². The Bertz CT molecular complexity index is 684. The zero-order chi connectivity index (χ0) is 15.9. The van der Waals surface area contributed by atoms with Gasteiger partial charge in [0.2, 0.25) is 0 Å². The highest BCUT2D eigenvalue weighted by Crippen LogP contribution is 2.28. The molecule has 0 unspecified atom stereocenters. The van der Waals surface area contributed by atoms with E-state index in [1.807, 2.05) is 6.92 Å². The molecule has 0 aromatic heterocycles.